The van der Waals surface area contributed by atoms with E-state index in [1.807, 2.05) is 6.20 Å². The first kappa shape index (κ1) is 13.5. The van der Waals surface area contributed by atoms with Crippen molar-refractivity contribution in [2.75, 3.05) is 5.32 Å². The highest BCUT2D eigenvalue weighted by Crippen LogP contribution is 2.25. The van der Waals surface area contributed by atoms with Crippen molar-refractivity contribution >= 4 is 27.5 Å². The van der Waals surface area contributed by atoms with Crippen LogP contribution in [-0.4, -0.2) is 15.7 Å². The third kappa shape index (κ3) is 3.11. The first-order valence-electron chi connectivity index (χ1n) is 5.47. The van der Waals surface area contributed by atoms with E-state index in [2.05, 4.69) is 26.3 Å². The van der Waals surface area contributed by atoms with Crippen molar-refractivity contribution in [2.45, 2.75) is 6.54 Å². The summed E-state index contributed by atoms with van der Waals surface area (Å²) >= 11 is 3.18. The van der Waals surface area contributed by atoms with Crippen molar-refractivity contribution in [1.82, 2.24) is 9.78 Å². The molecule has 0 radical (unpaired) electrons. The summed E-state index contributed by atoms with van der Waals surface area (Å²) in [7, 11) is 1.80. The van der Waals surface area contributed by atoms with Crippen molar-refractivity contribution in [3.05, 3.63) is 45.9 Å². The van der Waals surface area contributed by atoms with Gasteiger partial charge < -0.3 is 11.1 Å². The van der Waals surface area contributed by atoms with Gasteiger partial charge >= 0.3 is 0 Å². The predicted octanol–water partition coefficient (Wildman–Crippen LogP) is 2.03. The Morgan fingerprint density at radius 1 is 1.58 bits per heavy atom. The summed E-state index contributed by atoms with van der Waals surface area (Å²) in [6, 6.07) is 2.81. The molecule has 1 aromatic carbocycles. The van der Waals surface area contributed by atoms with Gasteiger partial charge in [0.25, 0.3) is 5.91 Å². The van der Waals surface area contributed by atoms with Crippen LogP contribution in [0.1, 0.15) is 15.9 Å². The van der Waals surface area contributed by atoms with Gasteiger partial charge in [0, 0.05) is 29.8 Å². The number of halogens is 2. The number of primary amides is 1. The second kappa shape index (κ2) is 5.40. The molecule has 19 heavy (non-hydrogen) atoms. The number of anilines is 1. The van der Waals surface area contributed by atoms with Crippen molar-refractivity contribution in [2.24, 2.45) is 12.8 Å². The lowest BCUT2D eigenvalue weighted by Crippen LogP contribution is -2.16. The van der Waals surface area contributed by atoms with E-state index in [1.165, 1.54) is 6.07 Å². The lowest BCUT2D eigenvalue weighted by molar-refractivity contribution is 0.0997. The monoisotopic (exact) mass is 326 g/mol. The third-order valence-electron chi connectivity index (χ3n) is 2.54. The molecule has 0 bridgehead atoms. The number of hydrogen-bond acceptors (Lipinski definition) is 3. The van der Waals surface area contributed by atoms with E-state index in [0.717, 1.165) is 5.56 Å². The lowest BCUT2D eigenvalue weighted by atomic mass is 10.1. The molecule has 0 atom stereocenters. The predicted molar refractivity (Wildman–Crippen MR) is 73.2 cm³/mol. The fourth-order valence-corrected chi connectivity index (χ4v) is 2.15. The maximum absolute atomic E-state index is 13.7. The number of amides is 1. The quantitative estimate of drug-likeness (QED) is 0.902. The molecule has 0 saturated heterocycles. The maximum Gasteiger partial charge on any atom is 0.253 e. The molecule has 7 heteroatoms. The van der Waals surface area contributed by atoms with Crippen molar-refractivity contribution in [3.8, 4) is 0 Å². The largest absolute Gasteiger partial charge is 0.380 e. The van der Waals surface area contributed by atoms with E-state index in [0.29, 0.717) is 16.7 Å². The Hall–Kier alpha value is -1.89. The minimum absolute atomic E-state index is 0.146. The number of benzene rings is 1. The van der Waals surface area contributed by atoms with Gasteiger partial charge in [0.1, 0.15) is 5.82 Å². The van der Waals surface area contributed by atoms with Gasteiger partial charge in [0.15, 0.2) is 0 Å². The second-order valence-electron chi connectivity index (χ2n) is 4.05. The Balaban J connectivity index is 2.26. The van der Waals surface area contributed by atoms with E-state index in [1.54, 1.807) is 24.0 Å². The molecule has 2 aromatic rings. The summed E-state index contributed by atoms with van der Waals surface area (Å²) in [5.74, 6) is -1.46. The molecule has 100 valence electrons. The SMILES string of the molecule is Cn1cc(CNc2cc(Br)cc(F)c2C(N)=O)cn1. The van der Waals surface area contributed by atoms with Gasteiger partial charge in [-0.1, -0.05) is 15.9 Å². The molecule has 0 aliphatic rings. The van der Waals surface area contributed by atoms with E-state index >= 15 is 0 Å². The van der Waals surface area contributed by atoms with Crippen LogP contribution in [-0.2, 0) is 13.6 Å². The molecule has 2 rings (SSSR count). The van der Waals surface area contributed by atoms with E-state index in [4.69, 9.17) is 5.73 Å². The van der Waals surface area contributed by atoms with Gasteiger partial charge in [0.05, 0.1) is 17.4 Å². The molecule has 0 aliphatic carbocycles. The number of aromatic nitrogens is 2. The molecule has 5 nitrogen and oxygen atoms in total. The third-order valence-corrected chi connectivity index (χ3v) is 3.00. The summed E-state index contributed by atoms with van der Waals surface area (Å²) in [6.07, 6.45) is 3.51. The first-order valence-corrected chi connectivity index (χ1v) is 6.27. The average Bonchev–Trinajstić information content (AvgIpc) is 2.71. The number of aryl methyl sites for hydroxylation is 1. The Bertz CT molecular complexity index is 626. The van der Waals surface area contributed by atoms with Crippen LogP contribution in [0.15, 0.2) is 29.0 Å². The molecule has 1 heterocycles. The second-order valence-corrected chi connectivity index (χ2v) is 4.97. The molecule has 3 N–H and O–H groups in total. The molecule has 0 fully saturated rings. The zero-order valence-electron chi connectivity index (χ0n) is 10.2. The van der Waals surface area contributed by atoms with Crippen molar-refractivity contribution in [1.29, 1.82) is 0 Å². The highest BCUT2D eigenvalue weighted by Gasteiger charge is 2.15. The van der Waals surface area contributed by atoms with Crippen LogP contribution in [0.5, 0.6) is 0 Å². The number of carbonyl (C=O) groups excluding carboxylic acids is 1. The van der Waals surface area contributed by atoms with Crippen LogP contribution < -0.4 is 11.1 Å². The summed E-state index contributed by atoms with van der Waals surface area (Å²) in [6.45, 7) is 0.421. The highest BCUT2D eigenvalue weighted by molar-refractivity contribution is 9.10. The van der Waals surface area contributed by atoms with Gasteiger partial charge in [-0.05, 0) is 12.1 Å². The van der Waals surface area contributed by atoms with Crippen molar-refractivity contribution in [3.63, 3.8) is 0 Å². The number of nitrogens with zero attached hydrogens (tertiary/aromatic N) is 2. The van der Waals surface area contributed by atoms with Gasteiger partial charge in [-0.15, -0.1) is 0 Å². The van der Waals surface area contributed by atoms with Crippen LogP contribution in [0.25, 0.3) is 0 Å². The molecule has 0 spiro atoms. The van der Waals surface area contributed by atoms with Gasteiger partial charge in [0.2, 0.25) is 0 Å². The number of rotatable bonds is 4. The fourth-order valence-electron chi connectivity index (χ4n) is 1.72. The minimum Gasteiger partial charge on any atom is -0.380 e. The van der Waals surface area contributed by atoms with Crippen LogP contribution in [0, 0.1) is 5.82 Å². The molecular formula is C12H12BrFN4O. The number of nitrogens with one attached hydrogen (secondary N) is 1. The number of nitrogens with two attached hydrogens (primary N) is 1. The van der Waals surface area contributed by atoms with Crippen LogP contribution in [0.2, 0.25) is 0 Å². The van der Waals surface area contributed by atoms with Crippen molar-refractivity contribution < 1.29 is 9.18 Å². The topological polar surface area (TPSA) is 72.9 Å². The fraction of sp³-hybridized carbons (Fsp3) is 0.167. The van der Waals surface area contributed by atoms with Crippen LogP contribution >= 0.6 is 15.9 Å². The van der Waals surface area contributed by atoms with Gasteiger partial charge in [-0.25, -0.2) is 4.39 Å². The zero-order chi connectivity index (χ0) is 14.0. The highest BCUT2D eigenvalue weighted by atomic mass is 79.9. The lowest BCUT2D eigenvalue weighted by Gasteiger charge is -2.10. The zero-order valence-corrected chi connectivity index (χ0v) is 11.7. The maximum atomic E-state index is 13.7. The van der Waals surface area contributed by atoms with Gasteiger partial charge in [-0.2, -0.15) is 5.10 Å². The minimum atomic E-state index is -0.807. The summed E-state index contributed by atoms with van der Waals surface area (Å²) in [5, 5.41) is 7.00. The van der Waals surface area contributed by atoms with E-state index < -0.39 is 11.7 Å². The van der Waals surface area contributed by atoms with Crippen LogP contribution in [0.4, 0.5) is 10.1 Å². The van der Waals surface area contributed by atoms with Gasteiger partial charge in [-0.3, -0.25) is 9.48 Å². The summed E-state index contributed by atoms with van der Waals surface area (Å²) in [4.78, 5) is 11.3. The standard InChI is InChI=1S/C12H12BrFN4O/c1-18-6-7(5-17-18)4-16-10-3-8(13)2-9(14)11(10)12(15)19/h2-3,5-6,16H,4H2,1H3,(H2,15,19). The molecule has 0 unspecified atom stereocenters. The molecule has 0 aliphatic heterocycles. The number of carbonyl (C=O) groups is 1. The molecule has 1 aromatic heterocycles. The van der Waals surface area contributed by atoms with E-state index in [9.17, 15) is 9.18 Å². The molecule has 0 saturated carbocycles. The summed E-state index contributed by atoms with van der Waals surface area (Å²) in [5.41, 5.74) is 6.31. The number of hydrogen-bond donors (Lipinski definition) is 2. The average molecular weight is 327 g/mol. The van der Waals surface area contributed by atoms with E-state index in [-0.39, 0.29) is 5.56 Å². The smallest absolute Gasteiger partial charge is 0.253 e. The van der Waals surface area contributed by atoms with Crippen LogP contribution in [0.3, 0.4) is 0 Å². The first-order chi connectivity index (χ1) is 8.97. The Morgan fingerprint density at radius 2 is 2.32 bits per heavy atom. The molecular weight excluding hydrogens is 315 g/mol. The summed E-state index contributed by atoms with van der Waals surface area (Å²) < 4.78 is 15.9. The Morgan fingerprint density at radius 3 is 2.89 bits per heavy atom. The normalized spacial score (nSPS) is 10.5. The molecule has 1 amide bonds. The Labute approximate surface area is 117 Å². The Kier molecular flexibility index (Phi) is 3.84.